The van der Waals surface area contributed by atoms with Gasteiger partial charge < -0.3 is 14.8 Å². The second kappa shape index (κ2) is 11.2. The molecular weight excluding hydrogens is 418 g/mol. The molecule has 4 aromatic rings. The van der Waals surface area contributed by atoms with E-state index in [1.807, 2.05) is 30.3 Å². The van der Waals surface area contributed by atoms with Crippen LogP contribution in [-0.2, 0) is 0 Å². The minimum Gasteiger partial charge on any atom is -0.497 e. The summed E-state index contributed by atoms with van der Waals surface area (Å²) in [4.78, 5) is 0. The molecule has 0 bridgehead atoms. The van der Waals surface area contributed by atoms with Gasteiger partial charge in [0.15, 0.2) is 0 Å². The quantitative estimate of drug-likeness (QED) is 0.264. The summed E-state index contributed by atoms with van der Waals surface area (Å²) in [7, 11) is 3.38. The molecule has 4 aromatic carbocycles. The lowest BCUT2D eigenvalue weighted by Crippen LogP contribution is -2.09. The highest BCUT2D eigenvalue weighted by Crippen LogP contribution is 2.29. The van der Waals surface area contributed by atoms with Crippen LogP contribution in [-0.4, -0.2) is 14.2 Å². The van der Waals surface area contributed by atoms with Crippen molar-refractivity contribution in [1.29, 1.82) is 0 Å². The second-order valence-electron chi connectivity index (χ2n) is 8.15. The van der Waals surface area contributed by atoms with E-state index < -0.39 is 0 Å². The molecular formula is C31H31NO2. The summed E-state index contributed by atoms with van der Waals surface area (Å²) in [5.74, 6) is 1.72. The van der Waals surface area contributed by atoms with Crippen LogP contribution in [0.4, 0.5) is 5.69 Å². The van der Waals surface area contributed by atoms with Crippen molar-refractivity contribution in [2.45, 2.75) is 19.4 Å². The SMILES string of the molecule is CCC(Nc1ccc(OC)cc1)c1ccc(C=C(c2ccccc2)c2ccc(OC)cc2)cc1. The van der Waals surface area contributed by atoms with Crippen LogP contribution in [0.15, 0.2) is 103 Å². The van der Waals surface area contributed by atoms with Crippen LogP contribution < -0.4 is 14.8 Å². The fourth-order valence-electron chi connectivity index (χ4n) is 4.02. The van der Waals surface area contributed by atoms with Gasteiger partial charge >= 0.3 is 0 Å². The largest absolute Gasteiger partial charge is 0.497 e. The molecule has 0 aliphatic rings. The molecule has 1 unspecified atom stereocenters. The first-order valence-corrected chi connectivity index (χ1v) is 11.6. The van der Waals surface area contributed by atoms with Gasteiger partial charge in [0, 0.05) is 5.69 Å². The number of hydrogen-bond acceptors (Lipinski definition) is 3. The first kappa shape index (κ1) is 23.2. The van der Waals surface area contributed by atoms with Crippen LogP contribution in [0.25, 0.3) is 11.6 Å². The van der Waals surface area contributed by atoms with Gasteiger partial charge in [0.1, 0.15) is 11.5 Å². The minimum absolute atomic E-state index is 0.238. The number of anilines is 1. The Labute approximate surface area is 202 Å². The first-order valence-electron chi connectivity index (χ1n) is 11.6. The molecule has 0 fully saturated rings. The molecule has 0 aliphatic carbocycles. The van der Waals surface area contributed by atoms with Crippen molar-refractivity contribution in [3.63, 3.8) is 0 Å². The van der Waals surface area contributed by atoms with Crippen LogP contribution in [0.5, 0.6) is 11.5 Å². The molecule has 4 rings (SSSR count). The number of nitrogens with one attached hydrogen (secondary N) is 1. The average Bonchev–Trinajstić information content (AvgIpc) is 2.92. The maximum Gasteiger partial charge on any atom is 0.119 e. The maximum absolute atomic E-state index is 5.34. The van der Waals surface area contributed by atoms with Crippen LogP contribution >= 0.6 is 0 Å². The van der Waals surface area contributed by atoms with Gasteiger partial charge in [0.25, 0.3) is 0 Å². The number of benzene rings is 4. The summed E-state index contributed by atoms with van der Waals surface area (Å²) in [5, 5.41) is 3.64. The monoisotopic (exact) mass is 449 g/mol. The van der Waals surface area contributed by atoms with Crippen molar-refractivity contribution in [3.8, 4) is 11.5 Å². The molecule has 3 heteroatoms. The Hall–Kier alpha value is -3.98. The predicted molar refractivity (Wildman–Crippen MR) is 142 cm³/mol. The third kappa shape index (κ3) is 5.68. The molecule has 172 valence electrons. The summed E-state index contributed by atoms with van der Waals surface area (Å²) in [6.07, 6.45) is 3.24. The van der Waals surface area contributed by atoms with E-state index in [0.717, 1.165) is 34.7 Å². The third-order valence-corrected chi connectivity index (χ3v) is 5.97. The smallest absolute Gasteiger partial charge is 0.119 e. The first-order chi connectivity index (χ1) is 16.7. The van der Waals surface area contributed by atoms with Crippen molar-refractivity contribution < 1.29 is 9.47 Å². The molecule has 0 saturated carbocycles. The van der Waals surface area contributed by atoms with Gasteiger partial charge in [-0.2, -0.15) is 0 Å². The Morgan fingerprint density at radius 2 is 1.26 bits per heavy atom. The molecule has 0 spiro atoms. The highest BCUT2D eigenvalue weighted by Gasteiger charge is 2.10. The van der Waals surface area contributed by atoms with E-state index in [0.29, 0.717) is 0 Å². The summed E-state index contributed by atoms with van der Waals surface area (Å²) >= 11 is 0. The van der Waals surface area contributed by atoms with Gasteiger partial charge in [0.2, 0.25) is 0 Å². The van der Waals surface area contributed by atoms with Crippen molar-refractivity contribution in [2.75, 3.05) is 19.5 Å². The molecule has 0 heterocycles. The van der Waals surface area contributed by atoms with Gasteiger partial charge in [-0.25, -0.2) is 0 Å². The molecule has 1 atom stereocenters. The normalized spacial score (nSPS) is 12.1. The molecule has 1 N–H and O–H groups in total. The second-order valence-corrected chi connectivity index (χ2v) is 8.15. The molecule has 0 saturated heterocycles. The summed E-state index contributed by atoms with van der Waals surface area (Å²) in [6, 6.07) is 35.9. The van der Waals surface area contributed by atoms with E-state index in [9.17, 15) is 0 Å². The highest BCUT2D eigenvalue weighted by molar-refractivity contribution is 5.91. The Morgan fingerprint density at radius 1 is 0.706 bits per heavy atom. The fraction of sp³-hybridized carbons (Fsp3) is 0.161. The van der Waals surface area contributed by atoms with Crippen LogP contribution in [0.2, 0.25) is 0 Å². The fourth-order valence-corrected chi connectivity index (χ4v) is 4.02. The topological polar surface area (TPSA) is 30.5 Å². The van der Waals surface area contributed by atoms with Gasteiger partial charge in [-0.15, -0.1) is 0 Å². The summed E-state index contributed by atoms with van der Waals surface area (Å²) < 4.78 is 10.6. The summed E-state index contributed by atoms with van der Waals surface area (Å²) in [6.45, 7) is 2.20. The highest BCUT2D eigenvalue weighted by atomic mass is 16.5. The zero-order valence-electron chi connectivity index (χ0n) is 20.0. The predicted octanol–water partition coefficient (Wildman–Crippen LogP) is 7.86. The standard InChI is InChI=1S/C31H31NO2/c1-4-31(32-27-16-20-29(34-3)21-17-27)26-12-10-23(11-13-26)22-30(24-8-6-5-7-9-24)25-14-18-28(33-2)19-15-25/h5-22,31-32H,4H2,1-3H3. The van der Waals surface area contributed by atoms with Crippen LogP contribution in [0, 0.1) is 0 Å². The number of rotatable bonds is 9. The van der Waals surface area contributed by atoms with Gasteiger partial charge in [-0.05, 0) is 76.7 Å². The van der Waals surface area contributed by atoms with Gasteiger partial charge in [-0.3, -0.25) is 0 Å². The lowest BCUT2D eigenvalue weighted by molar-refractivity contribution is 0.414. The van der Waals surface area contributed by atoms with E-state index in [1.54, 1.807) is 14.2 Å². The van der Waals surface area contributed by atoms with E-state index in [1.165, 1.54) is 16.7 Å². The zero-order valence-corrected chi connectivity index (χ0v) is 20.0. The zero-order chi connectivity index (χ0) is 23.8. The van der Waals surface area contributed by atoms with Gasteiger partial charge in [0.05, 0.1) is 20.3 Å². The number of methoxy groups -OCH3 is 2. The van der Waals surface area contributed by atoms with Crippen molar-refractivity contribution in [3.05, 3.63) is 125 Å². The molecule has 0 amide bonds. The number of hydrogen-bond donors (Lipinski definition) is 1. The van der Waals surface area contributed by atoms with E-state index >= 15 is 0 Å². The van der Waals surface area contributed by atoms with Crippen LogP contribution in [0.3, 0.4) is 0 Å². The van der Waals surface area contributed by atoms with Gasteiger partial charge in [-0.1, -0.05) is 73.7 Å². The molecule has 3 nitrogen and oxygen atoms in total. The maximum atomic E-state index is 5.34. The Bertz CT molecular complexity index is 1200. The Balaban J connectivity index is 1.59. The molecule has 0 aliphatic heterocycles. The number of ether oxygens (including phenoxy) is 2. The lowest BCUT2D eigenvalue weighted by Gasteiger charge is -2.19. The average molecular weight is 450 g/mol. The summed E-state index contributed by atoms with van der Waals surface area (Å²) in [5.41, 5.74) is 7.04. The molecule has 0 aromatic heterocycles. The van der Waals surface area contributed by atoms with E-state index in [4.69, 9.17) is 9.47 Å². The Kier molecular flexibility index (Phi) is 7.67. The molecule has 0 radical (unpaired) electrons. The third-order valence-electron chi connectivity index (χ3n) is 5.97. The van der Waals surface area contributed by atoms with E-state index in [-0.39, 0.29) is 6.04 Å². The van der Waals surface area contributed by atoms with Crippen molar-refractivity contribution >= 4 is 17.3 Å². The minimum atomic E-state index is 0.238. The van der Waals surface area contributed by atoms with Crippen molar-refractivity contribution in [1.82, 2.24) is 0 Å². The van der Waals surface area contributed by atoms with Crippen LogP contribution in [0.1, 0.15) is 41.6 Å². The lowest BCUT2D eigenvalue weighted by atomic mass is 9.95. The molecule has 34 heavy (non-hydrogen) atoms. The Morgan fingerprint density at radius 3 is 1.82 bits per heavy atom. The van der Waals surface area contributed by atoms with Crippen molar-refractivity contribution in [2.24, 2.45) is 0 Å². The van der Waals surface area contributed by atoms with E-state index in [2.05, 4.69) is 91.1 Å².